The Kier molecular flexibility index (Phi) is 3.54. The highest BCUT2D eigenvalue weighted by Crippen LogP contribution is 2.34. The van der Waals surface area contributed by atoms with Gasteiger partial charge in [-0.3, -0.25) is 4.98 Å². The number of ether oxygens (including phenoxy) is 2. The zero-order chi connectivity index (χ0) is 14.8. The minimum absolute atomic E-state index is 0.466. The second-order valence-electron chi connectivity index (χ2n) is 4.48. The van der Waals surface area contributed by atoms with Crippen LogP contribution in [0.4, 0.5) is 5.69 Å². The molecule has 0 unspecified atom stereocenters. The van der Waals surface area contributed by atoms with E-state index >= 15 is 0 Å². The van der Waals surface area contributed by atoms with Crippen LogP contribution in [0.5, 0.6) is 17.2 Å². The van der Waals surface area contributed by atoms with Crippen molar-refractivity contribution in [2.45, 2.75) is 0 Å². The van der Waals surface area contributed by atoms with Gasteiger partial charge in [0.15, 0.2) is 0 Å². The van der Waals surface area contributed by atoms with E-state index in [1.807, 2.05) is 18.2 Å². The first-order valence-corrected chi connectivity index (χ1v) is 6.71. The van der Waals surface area contributed by atoms with Gasteiger partial charge in [-0.25, -0.2) is 0 Å². The summed E-state index contributed by atoms with van der Waals surface area (Å²) < 4.78 is 11.1. The predicted octanol–water partition coefficient (Wildman–Crippen LogP) is 4.27. The van der Waals surface area contributed by atoms with Crippen LogP contribution in [0.1, 0.15) is 0 Å². The van der Waals surface area contributed by atoms with Crippen LogP contribution >= 0.6 is 11.6 Å². The number of benzene rings is 2. The molecule has 21 heavy (non-hydrogen) atoms. The highest BCUT2D eigenvalue weighted by molar-refractivity contribution is 6.32. The smallest absolute Gasteiger partial charge is 0.146 e. The fourth-order valence-corrected chi connectivity index (χ4v) is 2.26. The van der Waals surface area contributed by atoms with E-state index in [2.05, 4.69) is 4.98 Å². The summed E-state index contributed by atoms with van der Waals surface area (Å²) in [6, 6.07) is 12.6. The van der Waals surface area contributed by atoms with Gasteiger partial charge in [-0.2, -0.15) is 0 Å². The molecule has 2 aromatic carbocycles. The van der Waals surface area contributed by atoms with Crippen LogP contribution in [0.3, 0.4) is 0 Å². The van der Waals surface area contributed by atoms with E-state index in [9.17, 15) is 0 Å². The molecule has 3 rings (SSSR count). The monoisotopic (exact) mass is 300 g/mol. The number of nitrogen functional groups attached to an aromatic ring is 1. The van der Waals surface area contributed by atoms with E-state index in [1.165, 1.54) is 0 Å². The number of nitrogens with zero attached hydrogens (tertiary/aromatic N) is 1. The van der Waals surface area contributed by atoms with Crippen molar-refractivity contribution >= 4 is 28.2 Å². The average Bonchev–Trinajstić information content (AvgIpc) is 2.49. The molecule has 0 saturated carbocycles. The molecule has 106 valence electrons. The predicted molar refractivity (Wildman–Crippen MR) is 84.2 cm³/mol. The standard InChI is InChI=1S/C16H13ClN2O2/c1-20-11-3-4-12-14(9-11)19-7-6-15(12)21-16-5-2-10(18)8-13(16)17/h2-9H,18H2,1H3. The van der Waals surface area contributed by atoms with Crippen molar-refractivity contribution in [2.75, 3.05) is 12.8 Å². The number of anilines is 1. The third-order valence-corrected chi connectivity index (χ3v) is 3.38. The summed E-state index contributed by atoms with van der Waals surface area (Å²) in [6.45, 7) is 0. The first-order valence-electron chi connectivity index (χ1n) is 6.33. The number of fused-ring (bicyclic) bond motifs is 1. The van der Waals surface area contributed by atoms with Crippen molar-refractivity contribution in [2.24, 2.45) is 0 Å². The minimum Gasteiger partial charge on any atom is -0.497 e. The Morgan fingerprint density at radius 2 is 1.90 bits per heavy atom. The third-order valence-electron chi connectivity index (χ3n) is 3.09. The molecule has 5 heteroatoms. The zero-order valence-electron chi connectivity index (χ0n) is 11.3. The molecule has 0 spiro atoms. The molecule has 0 bridgehead atoms. The number of hydrogen-bond acceptors (Lipinski definition) is 4. The molecule has 1 heterocycles. The van der Waals surface area contributed by atoms with Crippen molar-refractivity contribution < 1.29 is 9.47 Å². The summed E-state index contributed by atoms with van der Waals surface area (Å²) in [4.78, 5) is 4.32. The van der Waals surface area contributed by atoms with E-state index < -0.39 is 0 Å². The maximum atomic E-state index is 6.14. The van der Waals surface area contributed by atoms with Gasteiger partial charge in [0.2, 0.25) is 0 Å². The van der Waals surface area contributed by atoms with Crippen LogP contribution in [0, 0.1) is 0 Å². The Morgan fingerprint density at radius 1 is 1.05 bits per heavy atom. The average molecular weight is 301 g/mol. The quantitative estimate of drug-likeness (QED) is 0.734. The Labute approximate surface area is 127 Å². The Balaban J connectivity index is 2.04. The lowest BCUT2D eigenvalue weighted by molar-refractivity contribution is 0.415. The van der Waals surface area contributed by atoms with Gasteiger partial charge in [0.05, 0.1) is 17.6 Å². The van der Waals surface area contributed by atoms with Crippen LogP contribution in [-0.2, 0) is 0 Å². The Hall–Kier alpha value is -2.46. The van der Waals surface area contributed by atoms with Gasteiger partial charge >= 0.3 is 0 Å². The summed E-state index contributed by atoms with van der Waals surface area (Å²) in [6.07, 6.45) is 1.68. The van der Waals surface area contributed by atoms with Crippen molar-refractivity contribution in [1.29, 1.82) is 0 Å². The van der Waals surface area contributed by atoms with E-state index in [-0.39, 0.29) is 0 Å². The molecule has 0 atom stereocenters. The lowest BCUT2D eigenvalue weighted by Gasteiger charge is -2.11. The van der Waals surface area contributed by atoms with Gasteiger partial charge in [0.25, 0.3) is 0 Å². The van der Waals surface area contributed by atoms with E-state index in [0.717, 1.165) is 16.7 Å². The largest absolute Gasteiger partial charge is 0.497 e. The van der Waals surface area contributed by atoms with E-state index in [1.54, 1.807) is 37.6 Å². The number of rotatable bonds is 3. The number of hydrogen-bond donors (Lipinski definition) is 1. The van der Waals surface area contributed by atoms with Gasteiger partial charge in [-0.1, -0.05) is 11.6 Å². The second kappa shape index (κ2) is 5.50. The van der Waals surface area contributed by atoms with Crippen molar-refractivity contribution in [3.8, 4) is 17.2 Å². The number of aromatic nitrogens is 1. The first kappa shape index (κ1) is 13.5. The molecule has 0 aliphatic carbocycles. The van der Waals surface area contributed by atoms with Crippen LogP contribution in [0.15, 0.2) is 48.7 Å². The third kappa shape index (κ3) is 2.71. The molecule has 0 fully saturated rings. The summed E-state index contributed by atoms with van der Waals surface area (Å²) in [5, 5.41) is 1.35. The molecule has 2 N–H and O–H groups in total. The van der Waals surface area contributed by atoms with E-state index in [4.69, 9.17) is 26.8 Å². The molecule has 0 aliphatic heterocycles. The van der Waals surface area contributed by atoms with Crippen molar-refractivity contribution in [3.05, 3.63) is 53.7 Å². The molecule has 0 aliphatic rings. The summed E-state index contributed by atoms with van der Waals surface area (Å²) >= 11 is 6.14. The number of nitrogens with two attached hydrogens (primary N) is 1. The summed E-state index contributed by atoms with van der Waals surface area (Å²) in [7, 11) is 1.62. The molecular formula is C16H13ClN2O2. The molecule has 0 saturated heterocycles. The lowest BCUT2D eigenvalue weighted by atomic mass is 10.2. The Bertz CT molecular complexity index is 805. The Morgan fingerprint density at radius 3 is 2.67 bits per heavy atom. The molecule has 0 amide bonds. The molecular weight excluding hydrogens is 288 g/mol. The molecule has 3 aromatic rings. The van der Waals surface area contributed by atoms with Gasteiger partial charge in [0.1, 0.15) is 17.2 Å². The number of halogens is 1. The molecule has 0 radical (unpaired) electrons. The maximum absolute atomic E-state index is 6.14. The van der Waals surface area contributed by atoms with Gasteiger partial charge in [0, 0.05) is 23.3 Å². The first-order chi connectivity index (χ1) is 10.2. The van der Waals surface area contributed by atoms with Crippen LogP contribution in [0.25, 0.3) is 10.9 Å². The van der Waals surface area contributed by atoms with E-state index in [0.29, 0.717) is 22.2 Å². The minimum atomic E-state index is 0.466. The zero-order valence-corrected chi connectivity index (χ0v) is 12.1. The summed E-state index contributed by atoms with van der Waals surface area (Å²) in [5.74, 6) is 1.97. The second-order valence-corrected chi connectivity index (χ2v) is 4.89. The highest BCUT2D eigenvalue weighted by atomic mass is 35.5. The topological polar surface area (TPSA) is 57.4 Å². The fraction of sp³-hybridized carbons (Fsp3) is 0.0625. The SMILES string of the molecule is COc1ccc2c(Oc3ccc(N)cc3Cl)ccnc2c1. The maximum Gasteiger partial charge on any atom is 0.146 e. The number of pyridine rings is 1. The molecule has 4 nitrogen and oxygen atoms in total. The van der Waals surface area contributed by atoms with Crippen LogP contribution < -0.4 is 15.2 Å². The van der Waals surface area contributed by atoms with Crippen molar-refractivity contribution in [3.63, 3.8) is 0 Å². The van der Waals surface area contributed by atoms with Crippen LogP contribution in [-0.4, -0.2) is 12.1 Å². The number of methoxy groups -OCH3 is 1. The van der Waals surface area contributed by atoms with Gasteiger partial charge in [-0.15, -0.1) is 0 Å². The summed E-state index contributed by atoms with van der Waals surface area (Å²) in [5.41, 5.74) is 7.06. The highest BCUT2D eigenvalue weighted by Gasteiger charge is 2.08. The lowest BCUT2D eigenvalue weighted by Crippen LogP contribution is -1.91. The van der Waals surface area contributed by atoms with Gasteiger partial charge in [-0.05, 0) is 36.4 Å². The fourth-order valence-electron chi connectivity index (χ4n) is 2.04. The normalized spacial score (nSPS) is 10.6. The molecule has 1 aromatic heterocycles. The van der Waals surface area contributed by atoms with Crippen LogP contribution in [0.2, 0.25) is 5.02 Å². The van der Waals surface area contributed by atoms with Crippen molar-refractivity contribution in [1.82, 2.24) is 4.98 Å². The van der Waals surface area contributed by atoms with Gasteiger partial charge < -0.3 is 15.2 Å².